The van der Waals surface area contributed by atoms with Gasteiger partial charge in [0.25, 0.3) is 0 Å². The summed E-state index contributed by atoms with van der Waals surface area (Å²) < 4.78 is 103. The third-order valence-electron chi connectivity index (χ3n) is 5.97. The van der Waals surface area contributed by atoms with Crippen LogP contribution in [0.3, 0.4) is 0 Å². The highest BCUT2D eigenvalue weighted by Gasteiger charge is 2.46. The van der Waals surface area contributed by atoms with E-state index >= 15 is 4.39 Å². The summed E-state index contributed by atoms with van der Waals surface area (Å²) in [6, 6.07) is 12.4. The summed E-state index contributed by atoms with van der Waals surface area (Å²) in [7, 11) is -1.63. The molecule has 0 amide bonds. The summed E-state index contributed by atoms with van der Waals surface area (Å²) in [5.41, 5.74) is -3.49. The SMILES string of the molecule is COCCOC(=O)c1cc(F)c2c3cccc4c3c([n+](C)c2c1)-c1cc(F)ccc1O4.COS(=O)(=O)C(F)(F)F. The Morgan fingerprint density at radius 3 is 2.33 bits per heavy atom. The first-order valence-corrected chi connectivity index (χ1v) is 12.8. The number of carbonyl (C=O) groups is 1. The first-order chi connectivity index (χ1) is 18.8. The zero-order chi connectivity index (χ0) is 29.4. The van der Waals surface area contributed by atoms with E-state index in [1.807, 2.05) is 0 Å². The molecule has 40 heavy (non-hydrogen) atoms. The van der Waals surface area contributed by atoms with E-state index in [2.05, 4.69) is 4.18 Å². The predicted octanol–water partition coefficient (Wildman–Crippen LogP) is 5.15. The second-order valence-corrected chi connectivity index (χ2v) is 10.1. The molecule has 0 spiro atoms. The largest absolute Gasteiger partial charge is 0.523 e. The summed E-state index contributed by atoms with van der Waals surface area (Å²) in [5.74, 6) is -0.536. The fourth-order valence-electron chi connectivity index (χ4n) is 4.20. The average molecular weight is 587 g/mol. The van der Waals surface area contributed by atoms with Crippen molar-refractivity contribution < 1.29 is 58.1 Å². The number of rotatable bonds is 5. The van der Waals surface area contributed by atoms with Crippen LogP contribution in [0.2, 0.25) is 0 Å². The highest BCUT2D eigenvalue weighted by molar-refractivity contribution is 7.87. The van der Waals surface area contributed by atoms with E-state index in [-0.39, 0.29) is 18.8 Å². The van der Waals surface area contributed by atoms with E-state index in [0.717, 1.165) is 0 Å². The van der Waals surface area contributed by atoms with Crippen molar-refractivity contribution in [2.75, 3.05) is 27.4 Å². The third kappa shape index (κ3) is 5.29. The van der Waals surface area contributed by atoms with E-state index in [1.165, 1.54) is 25.3 Å². The molecule has 3 aromatic carbocycles. The highest BCUT2D eigenvalue weighted by Crippen LogP contribution is 2.46. The maximum absolute atomic E-state index is 15.3. The smallest absolute Gasteiger partial charge is 0.460 e. The number of halogens is 5. The molecule has 0 atom stereocenters. The van der Waals surface area contributed by atoms with E-state index in [1.54, 1.807) is 41.9 Å². The topological polar surface area (TPSA) is 92.0 Å². The fourth-order valence-corrected chi connectivity index (χ4v) is 4.39. The molecule has 0 saturated carbocycles. The summed E-state index contributed by atoms with van der Waals surface area (Å²) in [6.45, 7) is 0.312. The number of aryl methyl sites for hydroxylation is 1. The van der Waals surface area contributed by atoms with Crippen molar-refractivity contribution in [2.24, 2.45) is 7.05 Å². The molecule has 0 bridgehead atoms. The molecule has 0 unspecified atom stereocenters. The van der Waals surface area contributed by atoms with Crippen LogP contribution in [-0.2, 0) is 30.8 Å². The normalized spacial score (nSPS) is 12.4. The number of carbonyl (C=O) groups excluding carboxylic acids is 1. The molecule has 8 nitrogen and oxygen atoms in total. The lowest BCUT2D eigenvalue weighted by Gasteiger charge is -2.20. The van der Waals surface area contributed by atoms with Crippen molar-refractivity contribution in [3.8, 4) is 22.8 Å². The molecular weight excluding hydrogens is 565 g/mol. The van der Waals surface area contributed by atoms with Crippen LogP contribution in [-0.4, -0.2) is 47.3 Å². The lowest BCUT2D eigenvalue weighted by molar-refractivity contribution is -0.632. The van der Waals surface area contributed by atoms with Crippen LogP contribution in [0.5, 0.6) is 11.5 Å². The molecule has 4 aromatic rings. The minimum absolute atomic E-state index is 0.0669. The van der Waals surface area contributed by atoms with Gasteiger partial charge in [0.15, 0.2) is 0 Å². The number of ether oxygens (including phenoxy) is 3. The van der Waals surface area contributed by atoms with Gasteiger partial charge in [0.05, 0.1) is 35.6 Å². The van der Waals surface area contributed by atoms with Gasteiger partial charge < -0.3 is 14.2 Å². The van der Waals surface area contributed by atoms with Crippen LogP contribution >= 0.6 is 0 Å². The number of pyridine rings is 1. The minimum Gasteiger partial charge on any atom is -0.460 e. The molecule has 1 aliphatic heterocycles. The highest BCUT2D eigenvalue weighted by atomic mass is 32.2. The van der Waals surface area contributed by atoms with Gasteiger partial charge in [0.1, 0.15) is 36.8 Å². The van der Waals surface area contributed by atoms with Crippen LogP contribution in [0.15, 0.2) is 48.5 Å². The number of hydrogen-bond acceptors (Lipinski definition) is 7. The van der Waals surface area contributed by atoms with E-state index < -0.39 is 33.2 Å². The standard InChI is InChI=1S/C24H18F2NO4.C2H3F3O3S/c1-27-18-11-13(24(28)30-9-8-29-2)10-17(26)21(18)15-4-3-5-20-22(15)23(27)16-12-14(25)6-7-19(16)31-20;1-8-9(6,7)2(3,4)5/h3-7,10-12H,8-9H2,1-2H3;1H3/q+1;. The van der Waals surface area contributed by atoms with Crippen molar-refractivity contribution in [3.05, 3.63) is 65.7 Å². The second-order valence-electron chi connectivity index (χ2n) is 8.38. The lowest BCUT2D eigenvalue weighted by atomic mass is 9.95. The maximum Gasteiger partial charge on any atom is 0.523 e. The van der Waals surface area contributed by atoms with Gasteiger partial charge in [-0.3, -0.25) is 4.18 Å². The number of aromatic nitrogens is 1. The van der Waals surface area contributed by atoms with Gasteiger partial charge in [0.2, 0.25) is 11.2 Å². The first kappa shape index (κ1) is 29.1. The number of benzene rings is 3. The van der Waals surface area contributed by atoms with Crippen LogP contribution in [0.25, 0.3) is 32.9 Å². The second kappa shape index (κ2) is 10.9. The molecule has 1 aliphatic rings. The van der Waals surface area contributed by atoms with Crippen molar-refractivity contribution in [1.82, 2.24) is 0 Å². The molecule has 212 valence electrons. The molecule has 0 saturated heterocycles. The van der Waals surface area contributed by atoms with E-state index in [4.69, 9.17) is 14.2 Å². The lowest BCUT2D eigenvalue weighted by Crippen LogP contribution is -2.34. The van der Waals surface area contributed by atoms with Crippen LogP contribution in [0.1, 0.15) is 10.4 Å². The number of alkyl halides is 3. The van der Waals surface area contributed by atoms with E-state index in [0.29, 0.717) is 51.5 Å². The Hall–Kier alpha value is -3.88. The number of hydrogen-bond donors (Lipinski definition) is 0. The molecule has 0 fully saturated rings. The minimum atomic E-state index is -5.34. The molecule has 0 radical (unpaired) electrons. The van der Waals surface area contributed by atoms with Crippen molar-refractivity contribution in [3.63, 3.8) is 0 Å². The molecule has 0 aliphatic carbocycles. The van der Waals surface area contributed by atoms with Crippen molar-refractivity contribution in [2.45, 2.75) is 5.51 Å². The van der Waals surface area contributed by atoms with Gasteiger partial charge in [-0.2, -0.15) is 26.2 Å². The van der Waals surface area contributed by atoms with Crippen LogP contribution < -0.4 is 9.30 Å². The van der Waals surface area contributed by atoms with E-state index in [9.17, 15) is 30.8 Å². The zero-order valence-electron chi connectivity index (χ0n) is 21.1. The van der Waals surface area contributed by atoms with Gasteiger partial charge in [-0.1, -0.05) is 12.1 Å². The molecular formula is C26H21F5NO7S+. The average Bonchev–Trinajstić information content (AvgIpc) is 2.90. The Bertz CT molecular complexity index is 1740. The Morgan fingerprint density at radius 2 is 1.70 bits per heavy atom. The van der Waals surface area contributed by atoms with Gasteiger partial charge in [-0.05, 0) is 30.3 Å². The Kier molecular flexibility index (Phi) is 7.97. The predicted molar refractivity (Wildman–Crippen MR) is 132 cm³/mol. The number of methoxy groups -OCH3 is 1. The maximum atomic E-state index is 15.3. The fraction of sp³-hybridized carbons (Fsp3) is 0.231. The molecule has 2 heterocycles. The summed E-state index contributed by atoms with van der Waals surface area (Å²) >= 11 is 0. The summed E-state index contributed by atoms with van der Waals surface area (Å²) in [6.07, 6.45) is 0. The summed E-state index contributed by atoms with van der Waals surface area (Å²) in [4.78, 5) is 12.4. The number of fused-ring (bicyclic) bond motifs is 4. The Labute approximate surface area is 224 Å². The number of nitrogens with zero attached hydrogens (tertiary/aromatic N) is 1. The molecule has 1 aromatic heterocycles. The van der Waals surface area contributed by atoms with Crippen LogP contribution in [0, 0.1) is 11.6 Å². The molecule has 5 rings (SSSR count). The van der Waals surface area contributed by atoms with Crippen molar-refractivity contribution >= 4 is 37.8 Å². The Balaban J connectivity index is 0.000000357. The van der Waals surface area contributed by atoms with Gasteiger partial charge in [-0.15, -0.1) is 0 Å². The first-order valence-electron chi connectivity index (χ1n) is 11.4. The molecule has 0 N–H and O–H groups in total. The Morgan fingerprint density at radius 1 is 0.975 bits per heavy atom. The van der Waals surface area contributed by atoms with Crippen molar-refractivity contribution in [1.29, 1.82) is 0 Å². The third-order valence-corrected chi connectivity index (χ3v) is 6.98. The quantitative estimate of drug-likeness (QED) is 0.0535. The monoisotopic (exact) mass is 586 g/mol. The van der Waals surface area contributed by atoms with Gasteiger partial charge in [0, 0.05) is 18.6 Å². The molecule has 14 heteroatoms. The zero-order valence-corrected chi connectivity index (χ0v) is 22.0. The van der Waals surface area contributed by atoms with Gasteiger partial charge in [-0.25, -0.2) is 13.6 Å². The van der Waals surface area contributed by atoms with Crippen LogP contribution in [0.4, 0.5) is 22.0 Å². The number of esters is 1. The summed E-state index contributed by atoms with van der Waals surface area (Å²) in [5, 5.41) is 1.65. The van der Waals surface area contributed by atoms with Gasteiger partial charge >= 0.3 is 21.6 Å².